The lowest BCUT2D eigenvalue weighted by Gasteiger charge is -2.32. The molecule has 16 heavy (non-hydrogen) atoms. The molecule has 1 aromatic rings. The largest absolute Gasteiger partial charge is 0.355 e. The third-order valence-corrected chi connectivity index (χ3v) is 3.78. The Kier molecular flexibility index (Phi) is 2.59. The zero-order valence-electron chi connectivity index (χ0n) is 9.65. The van der Waals surface area contributed by atoms with Crippen LogP contribution in [-0.4, -0.2) is 29.8 Å². The Morgan fingerprint density at radius 1 is 1.44 bits per heavy atom. The Hall–Kier alpha value is -1.03. The Balaban J connectivity index is 1.70. The third kappa shape index (κ3) is 1.94. The van der Waals surface area contributed by atoms with E-state index in [0.717, 1.165) is 31.4 Å². The molecule has 0 aromatic carbocycles. The Morgan fingerprint density at radius 3 is 3.06 bits per heavy atom. The van der Waals surface area contributed by atoms with Crippen molar-refractivity contribution in [3.63, 3.8) is 0 Å². The summed E-state index contributed by atoms with van der Waals surface area (Å²) in [6, 6.07) is 2.23. The summed E-state index contributed by atoms with van der Waals surface area (Å²) in [5.41, 5.74) is 7.08. The minimum Gasteiger partial charge on any atom is -0.355 e. The first-order chi connectivity index (χ1) is 7.86. The highest BCUT2D eigenvalue weighted by atomic mass is 15.3. The number of hydrogen-bond acceptors (Lipinski definition) is 3. The number of rotatable bonds is 3. The summed E-state index contributed by atoms with van der Waals surface area (Å²) in [5.74, 6) is 2.53. The lowest BCUT2D eigenvalue weighted by Crippen LogP contribution is -2.38. The van der Waals surface area contributed by atoms with Crippen LogP contribution in [0.1, 0.15) is 37.3 Å². The highest BCUT2D eigenvalue weighted by Crippen LogP contribution is 2.40. The van der Waals surface area contributed by atoms with E-state index in [1.807, 2.05) is 0 Å². The molecule has 0 amide bonds. The molecule has 1 aliphatic carbocycles. The van der Waals surface area contributed by atoms with Gasteiger partial charge in [-0.1, -0.05) is 0 Å². The van der Waals surface area contributed by atoms with Gasteiger partial charge in [-0.3, -0.25) is 5.10 Å². The van der Waals surface area contributed by atoms with Gasteiger partial charge in [0.15, 0.2) is 5.82 Å². The molecule has 2 aliphatic rings. The second-order valence-corrected chi connectivity index (χ2v) is 5.15. The SMILES string of the molecule is NC[C@@H]1CCCN(c2cc(C3CC3)[nH]n2)C1. The summed E-state index contributed by atoms with van der Waals surface area (Å²) >= 11 is 0. The van der Waals surface area contributed by atoms with Gasteiger partial charge in [0.1, 0.15) is 0 Å². The number of nitrogens with zero attached hydrogens (tertiary/aromatic N) is 2. The van der Waals surface area contributed by atoms with E-state index in [0.29, 0.717) is 5.92 Å². The maximum absolute atomic E-state index is 5.75. The normalized spacial score (nSPS) is 26.1. The zero-order chi connectivity index (χ0) is 11.0. The summed E-state index contributed by atoms with van der Waals surface area (Å²) in [5, 5.41) is 7.60. The van der Waals surface area contributed by atoms with Crippen molar-refractivity contribution in [1.29, 1.82) is 0 Å². The van der Waals surface area contributed by atoms with Crippen LogP contribution < -0.4 is 10.6 Å². The molecule has 1 saturated heterocycles. The molecule has 2 heterocycles. The molecular weight excluding hydrogens is 200 g/mol. The minimum absolute atomic E-state index is 0.648. The Bertz CT molecular complexity index is 356. The molecule has 0 bridgehead atoms. The lowest BCUT2D eigenvalue weighted by molar-refractivity contribution is 0.421. The first-order valence-electron chi connectivity index (χ1n) is 6.37. The molecule has 4 nitrogen and oxygen atoms in total. The highest BCUT2D eigenvalue weighted by Gasteiger charge is 2.27. The molecule has 1 aliphatic heterocycles. The maximum Gasteiger partial charge on any atom is 0.150 e. The van der Waals surface area contributed by atoms with Gasteiger partial charge in [0.2, 0.25) is 0 Å². The molecule has 1 aromatic heterocycles. The van der Waals surface area contributed by atoms with Gasteiger partial charge in [0.05, 0.1) is 0 Å². The van der Waals surface area contributed by atoms with E-state index in [2.05, 4.69) is 21.2 Å². The first-order valence-corrected chi connectivity index (χ1v) is 6.37. The van der Waals surface area contributed by atoms with Gasteiger partial charge < -0.3 is 10.6 Å². The maximum atomic E-state index is 5.75. The monoisotopic (exact) mass is 220 g/mol. The average Bonchev–Trinajstić information content (AvgIpc) is 3.07. The smallest absolute Gasteiger partial charge is 0.150 e. The van der Waals surface area contributed by atoms with E-state index in [-0.39, 0.29) is 0 Å². The van der Waals surface area contributed by atoms with Crippen molar-refractivity contribution in [2.45, 2.75) is 31.6 Å². The van der Waals surface area contributed by atoms with Crippen molar-refractivity contribution < 1.29 is 0 Å². The second kappa shape index (κ2) is 4.09. The quantitative estimate of drug-likeness (QED) is 0.811. The fraction of sp³-hybridized carbons (Fsp3) is 0.750. The number of nitrogens with one attached hydrogen (secondary N) is 1. The van der Waals surface area contributed by atoms with Crippen LogP contribution in [0.3, 0.4) is 0 Å². The number of aromatic amines is 1. The van der Waals surface area contributed by atoms with Gasteiger partial charge in [0, 0.05) is 30.8 Å². The highest BCUT2D eigenvalue weighted by molar-refractivity contribution is 5.41. The van der Waals surface area contributed by atoms with E-state index < -0.39 is 0 Å². The van der Waals surface area contributed by atoms with Crippen LogP contribution in [0, 0.1) is 5.92 Å². The number of nitrogens with two attached hydrogens (primary N) is 1. The molecular formula is C12H20N4. The van der Waals surface area contributed by atoms with Crippen molar-refractivity contribution in [2.75, 3.05) is 24.5 Å². The van der Waals surface area contributed by atoms with Gasteiger partial charge in [-0.25, -0.2) is 0 Å². The number of aromatic nitrogens is 2. The van der Waals surface area contributed by atoms with E-state index in [9.17, 15) is 0 Å². The van der Waals surface area contributed by atoms with Crippen molar-refractivity contribution >= 4 is 5.82 Å². The fourth-order valence-corrected chi connectivity index (χ4v) is 2.56. The number of piperidine rings is 1. The zero-order valence-corrected chi connectivity index (χ0v) is 9.65. The molecule has 4 heteroatoms. The summed E-state index contributed by atoms with van der Waals surface area (Å²) < 4.78 is 0. The van der Waals surface area contributed by atoms with Crippen LogP contribution in [0.4, 0.5) is 5.82 Å². The van der Waals surface area contributed by atoms with Gasteiger partial charge in [-0.15, -0.1) is 0 Å². The van der Waals surface area contributed by atoms with E-state index in [1.54, 1.807) is 0 Å². The Morgan fingerprint density at radius 2 is 2.31 bits per heavy atom. The van der Waals surface area contributed by atoms with Crippen molar-refractivity contribution in [2.24, 2.45) is 11.7 Å². The van der Waals surface area contributed by atoms with Crippen LogP contribution in [-0.2, 0) is 0 Å². The van der Waals surface area contributed by atoms with E-state index in [4.69, 9.17) is 5.73 Å². The fourth-order valence-electron chi connectivity index (χ4n) is 2.56. The predicted octanol–water partition coefficient (Wildman–Crippen LogP) is 1.46. The molecule has 0 spiro atoms. The Labute approximate surface area is 96.2 Å². The molecule has 2 fully saturated rings. The average molecular weight is 220 g/mol. The molecule has 3 N–H and O–H groups in total. The van der Waals surface area contributed by atoms with E-state index >= 15 is 0 Å². The minimum atomic E-state index is 0.648. The number of anilines is 1. The topological polar surface area (TPSA) is 57.9 Å². The van der Waals surface area contributed by atoms with Gasteiger partial charge in [-0.05, 0) is 38.1 Å². The molecule has 88 valence electrons. The number of H-pyrrole nitrogens is 1. The van der Waals surface area contributed by atoms with Gasteiger partial charge in [-0.2, -0.15) is 5.10 Å². The molecule has 0 radical (unpaired) electrons. The molecule has 3 rings (SSSR count). The van der Waals surface area contributed by atoms with Crippen LogP contribution in [0.2, 0.25) is 0 Å². The van der Waals surface area contributed by atoms with E-state index in [1.165, 1.54) is 31.4 Å². The second-order valence-electron chi connectivity index (χ2n) is 5.15. The molecule has 1 saturated carbocycles. The summed E-state index contributed by atoms with van der Waals surface area (Å²) in [6.45, 7) is 3.01. The van der Waals surface area contributed by atoms with Gasteiger partial charge in [0.25, 0.3) is 0 Å². The third-order valence-electron chi connectivity index (χ3n) is 3.78. The first kappa shape index (κ1) is 10.1. The van der Waals surface area contributed by atoms with Gasteiger partial charge >= 0.3 is 0 Å². The van der Waals surface area contributed by atoms with Crippen LogP contribution in [0.25, 0.3) is 0 Å². The van der Waals surface area contributed by atoms with Crippen LogP contribution in [0.15, 0.2) is 6.07 Å². The van der Waals surface area contributed by atoms with Crippen molar-refractivity contribution in [1.82, 2.24) is 10.2 Å². The summed E-state index contributed by atoms with van der Waals surface area (Å²) in [6.07, 6.45) is 5.17. The predicted molar refractivity (Wildman–Crippen MR) is 64.6 cm³/mol. The van der Waals surface area contributed by atoms with Crippen molar-refractivity contribution in [3.8, 4) is 0 Å². The van der Waals surface area contributed by atoms with Crippen molar-refractivity contribution in [3.05, 3.63) is 11.8 Å². The number of hydrogen-bond donors (Lipinski definition) is 2. The summed E-state index contributed by atoms with van der Waals surface area (Å²) in [4.78, 5) is 2.38. The standard InChI is InChI=1S/C12H20N4/c13-7-9-2-1-5-16(8-9)12-6-11(14-15-12)10-3-4-10/h6,9-10H,1-5,7-8,13H2,(H,14,15)/t9-/m0/s1. The lowest BCUT2D eigenvalue weighted by atomic mass is 9.98. The molecule has 0 unspecified atom stereocenters. The van der Waals surface area contributed by atoms with Crippen LogP contribution >= 0.6 is 0 Å². The summed E-state index contributed by atoms with van der Waals surface area (Å²) in [7, 11) is 0. The molecule has 1 atom stereocenters. The van der Waals surface area contributed by atoms with Crippen LogP contribution in [0.5, 0.6) is 0 Å².